The molecular formula is C10H10N2. The van der Waals surface area contributed by atoms with Crippen LogP contribution < -0.4 is 5.73 Å². The normalized spacial score (nSPS) is 26.4. The minimum Gasteiger partial charge on any atom is -0.300 e. The van der Waals surface area contributed by atoms with Gasteiger partial charge in [-0.2, -0.15) is 0 Å². The molecule has 2 rings (SSSR count). The van der Waals surface area contributed by atoms with Crippen LogP contribution in [-0.4, -0.2) is 6.21 Å². The van der Waals surface area contributed by atoms with Gasteiger partial charge in [0.25, 0.3) is 0 Å². The van der Waals surface area contributed by atoms with Crippen molar-refractivity contribution in [3.8, 4) is 0 Å². The van der Waals surface area contributed by atoms with E-state index < -0.39 is 5.66 Å². The molecule has 0 spiro atoms. The van der Waals surface area contributed by atoms with Gasteiger partial charge in [-0.15, -0.1) is 0 Å². The van der Waals surface area contributed by atoms with Crippen LogP contribution in [0.1, 0.15) is 5.56 Å². The van der Waals surface area contributed by atoms with E-state index in [9.17, 15) is 0 Å². The molecule has 60 valence electrons. The molecule has 0 amide bonds. The van der Waals surface area contributed by atoms with Gasteiger partial charge in [0, 0.05) is 6.21 Å². The second kappa shape index (κ2) is 2.57. The molecule has 1 aliphatic heterocycles. The van der Waals surface area contributed by atoms with Crippen LogP contribution in [0.2, 0.25) is 0 Å². The Hall–Kier alpha value is -1.41. The maximum Gasteiger partial charge on any atom is 0.153 e. The van der Waals surface area contributed by atoms with Crippen molar-refractivity contribution in [2.24, 2.45) is 10.7 Å². The lowest BCUT2D eigenvalue weighted by atomic mass is 10.0. The zero-order chi connectivity index (χ0) is 8.44. The summed E-state index contributed by atoms with van der Waals surface area (Å²) in [6.07, 6.45) is 5.49. The topological polar surface area (TPSA) is 38.4 Å². The Bertz CT molecular complexity index is 313. The third-order valence-corrected chi connectivity index (χ3v) is 1.96. The fraction of sp³-hybridized carbons (Fsp3) is 0.100. The lowest BCUT2D eigenvalue weighted by Crippen LogP contribution is -2.30. The smallest absolute Gasteiger partial charge is 0.153 e. The van der Waals surface area contributed by atoms with Crippen LogP contribution >= 0.6 is 0 Å². The second-order valence-electron chi connectivity index (χ2n) is 2.83. The predicted octanol–water partition coefficient (Wildman–Crippen LogP) is 1.44. The summed E-state index contributed by atoms with van der Waals surface area (Å²) in [4.78, 5) is 4.18. The zero-order valence-electron chi connectivity index (χ0n) is 6.64. The van der Waals surface area contributed by atoms with Crippen molar-refractivity contribution in [1.82, 2.24) is 0 Å². The number of hydrogen-bond acceptors (Lipinski definition) is 2. The minimum absolute atomic E-state index is 0.624. The molecule has 0 saturated carbocycles. The molecule has 2 heteroatoms. The van der Waals surface area contributed by atoms with E-state index >= 15 is 0 Å². The van der Waals surface area contributed by atoms with E-state index in [4.69, 9.17) is 5.73 Å². The average molecular weight is 158 g/mol. The predicted molar refractivity (Wildman–Crippen MR) is 49.9 cm³/mol. The van der Waals surface area contributed by atoms with Gasteiger partial charge in [-0.05, 0) is 17.7 Å². The molecule has 0 aromatic heterocycles. The van der Waals surface area contributed by atoms with Gasteiger partial charge in [0.2, 0.25) is 0 Å². The van der Waals surface area contributed by atoms with Gasteiger partial charge < -0.3 is 5.73 Å². The molecule has 2 nitrogen and oxygen atoms in total. The van der Waals surface area contributed by atoms with Gasteiger partial charge in [-0.1, -0.05) is 30.3 Å². The Morgan fingerprint density at radius 1 is 1.17 bits per heavy atom. The first-order valence-electron chi connectivity index (χ1n) is 3.89. The number of allylic oxidation sites excluding steroid dienone is 1. The van der Waals surface area contributed by atoms with Gasteiger partial charge in [0.15, 0.2) is 5.66 Å². The Morgan fingerprint density at radius 3 is 2.50 bits per heavy atom. The summed E-state index contributed by atoms with van der Waals surface area (Å²) in [5.74, 6) is 0. The molecule has 1 unspecified atom stereocenters. The summed E-state index contributed by atoms with van der Waals surface area (Å²) in [5, 5.41) is 0. The van der Waals surface area contributed by atoms with Gasteiger partial charge >= 0.3 is 0 Å². The van der Waals surface area contributed by atoms with Crippen molar-refractivity contribution >= 4 is 6.21 Å². The maximum atomic E-state index is 6.00. The van der Waals surface area contributed by atoms with Crippen LogP contribution in [0.15, 0.2) is 47.5 Å². The van der Waals surface area contributed by atoms with E-state index in [-0.39, 0.29) is 0 Å². The number of nitrogens with two attached hydrogens (primary N) is 1. The van der Waals surface area contributed by atoms with Gasteiger partial charge in [-0.3, -0.25) is 4.99 Å². The number of hydrogen-bond donors (Lipinski definition) is 1. The molecule has 1 heterocycles. The first-order valence-corrected chi connectivity index (χ1v) is 3.89. The molecular weight excluding hydrogens is 148 g/mol. The monoisotopic (exact) mass is 158 g/mol. The Balaban J connectivity index is 2.43. The fourth-order valence-corrected chi connectivity index (χ4v) is 1.28. The lowest BCUT2D eigenvalue weighted by Gasteiger charge is -2.18. The largest absolute Gasteiger partial charge is 0.300 e. The number of benzene rings is 1. The quantitative estimate of drug-likeness (QED) is 0.659. The third-order valence-electron chi connectivity index (χ3n) is 1.96. The Kier molecular flexibility index (Phi) is 1.55. The molecule has 1 aromatic carbocycles. The third kappa shape index (κ3) is 1.06. The van der Waals surface area contributed by atoms with Crippen LogP contribution in [0, 0.1) is 0 Å². The summed E-state index contributed by atoms with van der Waals surface area (Å²) >= 11 is 0. The SMILES string of the molecule is NC1(c2ccccc2)C=CC=N1. The Morgan fingerprint density at radius 2 is 1.92 bits per heavy atom. The summed E-state index contributed by atoms with van der Waals surface area (Å²) in [5.41, 5.74) is 6.40. The average Bonchev–Trinajstić information content (AvgIpc) is 2.55. The standard InChI is InChI=1S/C10H10N2/c11-10(7-4-8-12-10)9-5-2-1-3-6-9/h1-8H,11H2. The van der Waals surface area contributed by atoms with Crippen LogP contribution in [0.4, 0.5) is 0 Å². The van der Waals surface area contributed by atoms with E-state index in [2.05, 4.69) is 4.99 Å². The highest BCUT2D eigenvalue weighted by Crippen LogP contribution is 2.23. The van der Waals surface area contributed by atoms with Crippen molar-refractivity contribution in [2.45, 2.75) is 5.66 Å². The number of rotatable bonds is 1. The number of aliphatic imine (C=N–C) groups is 1. The van der Waals surface area contributed by atoms with Crippen molar-refractivity contribution in [1.29, 1.82) is 0 Å². The summed E-state index contributed by atoms with van der Waals surface area (Å²) in [7, 11) is 0. The maximum absolute atomic E-state index is 6.00. The molecule has 1 atom stereocenters. The highest BCUT2D eigenvalue weighted by atomic mass is 15.0. The molecule has 0 saturated heterocycles. The molecule has 0 bridgehead atoms. The van der Waals surface area contributed by atoms with Crippen LogP contribution in [0.25, 0.3) is 0 Å². The summed E-state index contributed by atoms with van der Waals surface area (Å²) in [6.45, 7) is 0. The minimum atomic E-state index is -0.624. The van der Waals surface area contributed by atoms with Crippen molar-refractivity contribution in [2.75, 3.05) is 0 Å². The van der Waals surface area contributed by atoms with Crippen molar-refractivity contribution in [3.63, 3.8) is 0 Å². The lowest BCUT2D eigenvalue weighted by molar-refractivity contribution is 0.609. The van der Waals surface area contributed by atoms with Gasteiger partial charge in [0.1, 0.15) is 0 Å². The second-order valence-corrected chi connectivity index (χ2v) is 2.83. The molecule has 0 radical (unpaired) electrons. The van der Waals surface area contributed by atoms with Crippen LogP contribution in [-0.2, 0) is 5.66 Å². The molecule has 1 aromatic rings. The Labute approximate surface area is 71.4 Å². The van der Waals surface area contributed by atoms with E-state index in [1.54, 1.807) is 6.21 Å². The van der Waals surface area contributed by atoms with Crippen molar-refractivity contribution in [3.05, 3.63) is 48.0 Å². The van der Waals surface area contributed by atoms with Crippen LogP contribution in [0.3, 0.4) is 0 Å². The van der Waals surface area contributed by atoms with E-state index in [0.29, 0.717) is 0 Å². The molecule has 0 fully saturated rings. The van der Waals surface area contributed by atoms with E-state index in [0.717, 1.165) is 5.56 Å². The molecule has 1 aliphatic rings. The molecule has 2 N–H and O–H groups in total. The summed E-state index contributed by atoms with van der Waals surface area (Å²) in [6, 6.07) is 9.85. The van der Waals surface area contributed by atoms with E-state index in [1.807, 2.05) is 42.5 Å². The molecule has 12 heavy (non-hydrogen) atoms. The first kappa shape index (κ1) is 7.25. The molecule has 0 aliphatic carbocycles. The van der Waals surface area contributed by atoms with Crippen molar-refractivity contribution < 1.29 is 0 Å². The first-order chi connectivity index (χ1) is 5.81. The zero-order valence-corrected chi connectivity index (χ0v) is 6.64. The highest BCUT2D eigenvalue weighted by Gasteiger charge is 2.23. The number of nitrogens with zero attached hydrogens (tertiary/aromatic N) is 1. The van der Waals surface area contributed by atoms with Crippen LogP contribution in [0.5, 0.6) is 0 Å². The van der Waals surface area contributed by atoms with Gasteiger partial charge in [0.05, 0.1) is 0 Å². The highest BCUT2D eigenvalue weighted by molar-refractivity contribution is 5.75. The van der Waals surface area contributed by atoms with Gasteiger partial charge in [-0.25, -0.2) is 0 Å². The van der Waals surface area contributed by atoms with E-state index in [1.165, 1.54) is 0 Å². The fourth-order valence-electron chi connectivity index (χ4n) is 1.28. The summed E-state index contributed by atoms with van der Waals surface area (Å²) < 4.78 is 0.